The van der Waals surface area contributed by atoms with Gasteiger partial charge >= 0.3 is 5.97 Å². The molecule has 18 heavy (non-hydrogen) atoms. The predicted octanol–water partition coefficient (Wildman–Crippen LogP) is -1.04. The number of aliphatic hydroxyl groups excluding tert-OH is 1. The monoisotopic (exact) mass is 252 g/mol. The van der Waals surface area contributed by atoms with E-state index in [1.165, 1.54) is 24.3 Å². The molecule has 0 saturated carbocycles. The van der Waals surface area contributed by atoms with E-state index in [1.54, 1.807) is 0 Å². The van der Waals surface area contributed by atoms with Gasteiger partial charge in [-0.05, 0) is 24.3 Å². The van der Waals surface area contributed by atoms with Gasteiger partial charge in [-0.15, -0.1) is 0 Å². The molecule has 1 rings (SSSR count). The number of aliphatic hydroxyl groups is 1. The third-order valence-corrected chi connectivity index (χ3v) is 2.22. The van der Waals surface area contributed by atoms with Crippen LogP contribution in [0.25, 0.3) is 0 Å². The lowest BCUT2D eigenvalue weighted by Crippen LogP contribution is -2.43. The van der Waals surface area contributed by atoms with Crippen molar-refractivity contribution in [2.75, 3.05) is 6.61 Å². The number of benzene rings is 1. The van der Waals surface area contributed by atoms with E-state index in [0.29, 0.717) is 0 Å². The summed E-state index contributed by atoms with van der Waals surface area (Å²) in [5.74, 6) is -2.62. The summed E-state index contributed by atoms with van der Waals surface area (Å²) in [6.45, 7) is -0.708. The highest BCUT2D eigenvalue weighted by Crippen LogP contribution is 2.04. The number of carbonyl (C=O) groups excluding carboxylic acids is 2. The lowest BCUT2D eigenvalue weighted by molar-refractivity contribution is -0.140. The number of carbonyl (C=O) groups is 3. The second-order valence-corrected chi connectivity index (χ2v) is 3.49. The van der Waals surface area contributed by atoms with E-state index in [2.05, 4.69) is 5.32 Å². The Bertz CT molecular complexity index is 469. The number of aliphatic carboxylic acids is 1. The van der Waals surface area contributed by atoms with Gasteiger partial charge in [-0.25, -0.2) is 4.79 Å². The quantitative estimate of drug-likeness (QED) is 0.532. The van der Waals surface area contributed by atoms with E-state index in [-0.39, 0.29) is 11.1 Å². The Labute approximate surface area is 102 Å². The van der Waals surface area contributed by atoms with Gasteiger partial charge in [0.25, 0.3) is 5.91 Å². The van der Waals surface area contributed by atoms with Gasteiger partial charge in [-0.3, -0.25) is 9.59 Å². The number of nitrogens with two attached hydrogens (primary N) is 1. The van der Waals surface area contributed by atoms with Gasteiger partial charge in [0.05, 0.1) is 6.61 Å². The molecule has 7 nitrogen and oxygen atoms in total. The molecule has 1 aromatic rings. The average molecular weight is 252 g/mol. The number of rotatable bonds is 5. The molecular formula is C11H12N2O5. The van der Waals surface area contributed by atoms with Crippen LogP contribution in [0.15, 0.2) is 24.3 Å². The van der Waals surface area contributed by atoms with Crippen LogP contribution >= 0.6 is 0 Å². The Kier molecular flexibility index (Phi) is 4.39. The summed E-state index contributed by atoms with van der Waals surface area (Å²) in [6, 6.07) is 4.02. The van der Waals surface area contributed by atoms with Crippen LogP contribution in [-0.4, -0.2) is 40.6 Å². The number of amides is 2. The van der Waals surface area contributed by atoms with Crippen LogP contribution in [0, 0.1) is 0 Å². The van der Waals surface area contributed by atoms with Crippen LogP contribution in [0.3, 0.4) is 0 Å². The van der Waals surface area contributed by atoms with E-state index >= 15 is 0 Å². The molecule has 0 bridgehead atoms. The predicted molar refractivity (Wildman–Crippen MR) is 60.9 cm³/mol. The highest BCUT2D eigenvalue weighted by atomic mass is 16.4. The molecule has 0 saturated heterocycles. The summed E-state index contributed by atoms with van der Waals surface area (Å²) in [7, 11) is 0. The van der Waals surface area contributed by atoms with Crippen LogP contribution in [0.4, 0.5) is 0 Å². The molecule has 1 atom stereocenters. The number of hydrogen-bond acceptors (Lipinski definition) is 4. The molecule has 0 heterocycles. The van der Waals surface area contributed by atoms with Gasteiger partial charge in [0.15, 0.2) is 6.04 Å². The molecule has 0 spiro atoms. The number of hydrogen-bond donors (Lipinski definition) is 4. The smallest absolute Gasteiger partial charge is 0.328 e. The molecule has 0 aromatic heterocycles. The Hall–Kier alpha value is -2.41. The van der Waals surface area contributed by atoms with Gasteiger partial charge in [0, 0.05) is 11.1 Å². The van der Waals surface area contributed by atoms with Crippen LogP contribution in [0.5, 0.6) is 0 Å². The standard InChI is InChI=1S/C11H12N2O5/c12-9(15)6-1-3-7(4-2-6)10(16)13-8(5-14)11(17)18/h1-4,8,14H,5H2,(H2,12,15)(H,13,16)(H,17,18)/t8-/m1/s1. The Morgan fingerprint density at radius 1 is 1.17 bits per heavy atom. The number of nitrogens with one attached hydrogen (secondary N) is 1. The average Bonchev–Trinajstić information content (AvgIpc) is 2.35. The topological polar surface area (TPSA) is 130 Å². The van der Waals surface area contributed by atoms with E-state index < -0.39 is 30.4 Å². The van der Waals surface area contributed by atoms with Crippen LogP contribution in [0.2, 0.25) is 0 Å². The first-order valence-electron chi connectivity index (χ1n) is 5.00. The second-order valence-electron chi connectivity index (χ2n) is 3.49. The first-order chi connectivity index (χ1) is 8.45. The van der Waals surface area contributed by atoms with Crippen molar-refractivity contribution in [3.63, 3.8) is 0 Å². The molecule has 5 N–H and O–H groups in total. The summed E-state index contributed by atoms with van der Waals surface area (Å²) < 4.78 is 0. The lowest BCUT2D eigenvalue weighted by atomic mass is 10.1. The molecule has 0 unspecified atom stereocenters. The second kappa shape index (κ2) is 5.78. The maximum atomic E-state index is 11.6. The molecule has 7 heteroatoms. The summed E-state index contributed by atoms with van der Waals surface area (Å²) >= 11 is 0. The fraction of sp³-hybridized carbons (Fsp3) is 0.182. The first kappa shape index (κ1) is 13.7. The molecule has 96 valence electrons. The zero-order chi connectivity index (χ0) is 13.7. The maximum Gasteiger partial charge on any atom is 0.328 e. The van der Waals surface area contributed by atoms with Gasteiger partial charge in [-0.2, -0.15) is 0 Å². The summed E-state index contributed by atoms with van der Waals surface area (Å²) in [6.07, 6.45) is 0. The maximum absolute atomic E-state index is 11.6. The highest BCUT2D eigenvalue weighted by molar-refractivity contribution is 5.98. The molecule has 0 fully saturated rings. The van der Waals surface area contributed by atoms with Gasteiger partial charge in [0.1, 0.15) is 0 Å². The molecule has 0 aliphatic rings. The summed E-state index contributed by atoms with van der Waals surface area (Å²) in [4.78, 5) is 33.0. The zero-order valence-electron chi connectivity index (χ0n) is 9.29. The lowest BCUT2D eigenvalue weighted by Gasteiger charge is -2.11. The normalized spacial score (nSPS) is 11.6. The Morgan fingerprint density at radius 2 is 1.67 bits per heavy atom. The molecule has 2 amide bonds. The van der Waals surface area contributed by atoms with Crippen LogP contribution < -0.4 is 11.1 Å². The van der Waals surface area contributed by atoms with Gasteiger partial charge < -0.3 is 21.3 Å². The third-order valence-electron chi connectivity index (χ3n) is 2.22. The summed E-state index contributed by atoms with van der Waals surface area (Å²) in [5, 5.41) is 19.5. The van der Waals surface area contributed by atoms with Gasteiger partial charge in [-0.1, -0.05) is 0 Å². The highest BCUT2D eigenvalue weighted by Gasteiger charge is 2.19. The number of carboxylic acids is 1. The van der Waals surface area contributed by atoms with Gasteiger partial charge in [0.2, 0.25) is 5.91 Å². The summed E-state index contributed by atoms with van der Waals surface area (Å²) in [5.41, 5.74) is 5.44. The fourth-order valence-corrected chi connectivity index (χ4v) is 1.21. The van der Waals surface area contributed by atoms with Crippen LogP contribution in [0.1, 0.15) is 20.7 Å². The Balaban J connectivity index is 2.78. The van der Waals surface area contributed by atoms with E-state index in [9.17, 15) is 14.4 Å². The molecule has 1 aromatic carbocycles. The van der Waals surface area contributed by atoms with Crippen molar-refractivity contribution in [2.45, 2.75) is 6.04 Å². The molecule has 0 radical (unpaired) electrons. The molecular weight excluding hydrogens is 240 g/mol. The molecule has 0 aliphatic heterocycles. The van der Waals surface area contributed by atoms with Crippen molar-refractivity contribution in [1.29, 1.82) is 0 Å². The number of primary amides is 1. The van der Waals surface area contributed by atoms with Crippen molar-refractivity contribution in [3.05, 3.63) is 35.4 Å². The van der Waals surface area contributed by atoms with E-state index in [1.807, 2.05) is 0 Å². The van der Waals surface area contributed by atoms with E-state index in [4.69, 9.17) is 15.9 Å². The van der Waals surface area contributed by atoms with Crippen molar-refractivity contribution in [1.82, 2.24) is 5.32 Å². The molecule has 0 aliphatic carbocycles. The minimum atomic E-state index is -1.37. The van der Waals surface area contributed by atoms with E-state index in [0.717, 1.165) is 0 Å². The number of carboxylic acid groups (broad SMARTS) is 1. The zero-order valence-corrected chi connectivity index (χ0v) is 9.29. The minimum absolute atomic E-state index is 0.166. The van der Waals surface area contributed by atoms with Crippen LogP contribution in [-0.2, 0) is 4.79 Å². The first-order valence-corrected chi connectivity index (χ1v) is 5.00. The largest absolute Gasteiger partial charge is 0.480 e. The third kappa shape index (κ3) is 3.29. The Morgan fingerprint density at radius 3 is 2.06 bits per heavy atom. The SMILES string of the molecule is NC(=O)c1ccc(C(=O)N[C@H](CO)C(=O)O)cc1. The fourth-order valence-electron chi connectivity index (χ4n) is 1.21. The minimum Gasteiger partial charge on any atom is -0.480 e. The van der Waals surface area contributed by atoms with Crippen molar-refractivity contribution in [2.24, 2.45) is 5.73 Å². The van der Waals surface area contributed by atoms with Crippen molar-refractivity contribution >= 4 is 17.8 Å². The van der Waals surface area contributed by atoms with Crippen molar-refractivity contribution < 1.29 is 24.6 Å². The van der Waals surface area contributed by atoms with Crippen molar-refractivity contribution in [3.8, 4) is 0 Å².